The molecule has 1 aromatic rings. The number of aliphatic hydroxyl groups is 1. The number of hydrogen-bond acceptors (Lipinski definition) is 4. The standard InChI is InChI=1S/C11H18N2O2/c1-11(2,14)7-13-10-6-8(15-3)4-5-9(10)12/h4-6,13-14H,7,12H2,1-3H3. The Hall–Kier alpha value is -1.42. The molecule has 0 bridgehead atoms. The summed E-state index contributed by atoms with van der Waals surface area (Å²) in [6.45, 7) is 3.90. The normalized spacial score (nSPS) is 11.2. The van der Waals surface area contributed by atoms with Gasteiger partial charge in [-0.25, -0.2) is 0 Å². The van der Waals surface area contributed by atoms with E-state index in [4.69, 9.17) is 10.5 Å². The maximum atomic E-state index is 9.56. The van der Waals surface area contributed by atoms with Crippen LogP contribution in [0.3, 0.4) is 0 Å². The van der Waals surface area contributed by atoms with E-state index in [-0.39, 0.29) is 0 Å². The lowest BCUT2D eigenvalue weighted by atomic mass is 10.1. The van der Waals surface area contributed by atoms with Crippen molar-refractivity contribution < 1.29 is 9.84 Å². The van der Waals surface area contributed by atoms with E-state index in [1.807, 2.05) is 0 Å². The molecule has 0 spiro atoms. The van der Waals surface area contributed by atoms with Gasteiger partial charge in [-0.3, -0.25) is 0 Å². The molecule has 1 rings (SSSR count). The number of nitrogens with two attached hydrogens (primary N) is 1. The van der Waals surface area contributed by atoms with Crippen LogP contribution in [0.1, 0.15) is 13.8 Å². The van der Waals surface area contributed by atoms with E-state index in [0.717, 1.165) is 11.4 Å². The molecule has 0 aliphatic heterocycles. The van der Waals surface area contributed by atoms with Crippen LogP contribution >= 0.6 is 0 Å². The minimum atomic E-state index is -0.768. The van der Waals surface area contributed by atoms with Crippen LogP contribution in [-0.4, -0.2) is 24.4 Å². The number of hydrogen-bond donors (Lipinski definition) is 3. The average molecular weight is 210 g/mol. The van der Waals surface area contributed by atoms with Gasteiger partial charge in [0.05, 0.1) is 24.1 Å². The van der Waals surface area contributed by atoms with Crippen molar-refractivity contribution in [3.63, 3.8) is 0 Å². The van der Waals surface area contributed by atoms with Crippen molar-refractivity contribution in [1.82, 2.24) is 0 Å². The van der Waals surface area contributed by atoms with Gasteiger partial charge in [0, 0.05) is 12.6 Å². The molecule has 4 heteroatoms. The zero-order chi connectivity index (χ0) is 11.5. The fourth-order valence-corrected chi connectivity index (χ4v) is 1.13. The quantitative estimate of drug-likeness (QED) is 0.658. The fraction of sp³-hybridized carbons (Fsp3) is 0.455. The number of rotatable bonds is 4. The number of benzene rings is 1. The Balaban J connectivity index is 2.75. The largest absolute Gasteiger partial charge is 0.497 e. The first-order valence-electron chi connectivity index (χ1n) is 4.82. The van der Waals surface area contributed by atoms with E-state index in [9.17, 15) is 5.11 Å². The van der Waals surface area contributed by atoms with E-state index >= 15 is 0 Å². The van der Waals surface area contributed by atoms with Gasteiger partial charge in [0.15, 0.2) is 0 Å². The van der Waals surface area contributed by atoms with Gasteiger partial charge >= 0.3 is 0 Å². The zero-order valence-electron chi connectivity index (χ0n) is 9.37. The molecule has 0 heterocycles. The van der Waals surface area contributed by atoms with Crippen LogP contribution in [0.15, 0.2) is 18.2 Å². The van der Waals surface area contributed by atoms with Crippen LogP contribution in [0, 0.1) is 0 Å². The minimum Gasteiger partial charge on any atom is -0.497 e. The third-order valence-corrected chi connectivity index (χ3v) is 1.97. The Kier molecular flexibility index (Phi) is 3.42. The molecule has 0 amide bonds. The summed E-state index contributed by atoms with van der Waals surface area (Å²) in [7, 11) is 1.60. The van der Waals surface area contributed by atoms with Crippen molar-refractivity contribution in [2.24, 2.45) is 0 Å². The fourth-order valence-electron chi connectivity index (χ4n) is 1.13. The summed E-state index contributed by atoms with van der Waals surface area (Å²) in [5.74, 6) is 0.738. The molecule has 15 heavy (non-hydrogen) atoms. The third kappa shape index (κ3) is 3.67. The molecule has 84 valence electrons. The van der Waals surface area contributed by atoms with Crippen LogP contribution < -0.4 is 15.8 Å². The van der Waals surface area contributed by atoms with E-state index < -0.39 is 5.60 Å². The summed E-state index contributed by atoms with van der Waals surface area (Å²) >= 11 is 0. The molecule has 0 radical (unpaired) electrons. The summed E-state index contributed by atoms with van der Waals surface area (Å²) in [6.07, 6.45) is 0. The minimum absolute atomic E-state index is 0.435. The summed E-state index contributed by atoms with van der Waals surface area (Å²) in [6, 6.07) is 5.37. The molecular formula is C11H18N2O2. The average Bonchev–Trinajstić information content (AvgIpc) is 2.15. The van der Waals surface area contributed by atoms with Crippen LogP contribution in [-0.2, 0) is 0 Å². The van der Waals surface area contributed by atoms with E-state index in [1.54, 1.807) is 39.2 Å². The summed E-state index contributed by atoms with van der Waals surface area (Å²) in [4.78, 5) is 0. The predicted molar refractivity (Wildman–Crippen MR) is 62.2 cm³/mol. The molecule has 0 aliphatic carbocycles. The van der Waals surface area contributed by atoms with Gasteiger partial charge in [0.2, 0.25) is 0 Å². The molecular weight excluding hydrogens is 192 g/mol. The van der Waals surface area contributed by atoms with Gasteiger partial charge in [0.1, 0.15) is 5.75 Å². The van der Waals surface area contributed by atoms with Crippen LogP contribution in [0.4, 0.5) is 11.4 Å². The van der Waals surface area contributed by atoms with Gasteiger partial charge in [-0.1, -0.05) is 0 Å². The third-order valence-electron chi connectivity index (χ3n) is 1.97. The molecule has 0 saturated carbocycles. The van der Waals surface area contributed by atoms with Crippen molar-refractivity contribution in [1.29, 1.82) is 0 Å². The van der Waals surface area contributed by atoms with Gasteiger partial charge in [0.25, 0.3) is 0 Å². The summed E-state index contributed by atoms with van der Waals surface area (Å²) in [5.41, 5.74) is 6.42. The lowest BCUT2D eigenvalue weighted by Crippen LogP contribution is -2.29. The Morgan fingerprint density at radius 2 is 2.13 bits per heavy atom. The second-order valence-electron chi connectivity index (χ2n) is 4.12. The first-order valence-corrected chi connectivity index (χ1v) is 4.82. The molecule has 0 aliphatic rings. The number of methoxy groups -OCH3 is 1. The van der Waals surface area contributed by atoms with Crippen LogP contribution in [0.25, 0.3) is 0 Å². The molecule has 0 unspecified atom stereocenters. The van der Waals surface area contributed by atoms with E-state index in [2.05, 4.69) is 5.32 Å². The Bertz CT molecular complexity index is 332. The number of ether oxygens (including phenoxy) is 1. The highest BCUT2D eigenvalue weighted by atomic mass is 16.5. The lowest BCUT2D eigenvalue weighted by Gasteiger charge is -2.19. The molecule has 0 fully saturated rings. The van der Waals surface area contributed by atoms with Crippen molar-refractivity contribution in [3.8, 4) is 5.75 Å². The molecule has 1 aromatic carbocycles. The van der Waals surface area contributed by atoms with Gasteiger partial charge in [-0.05, 0) is 26.0 Å². The molecule has 0 saturated heterocycles. The number of nitrogens with one attached hydrogen (secondary N) is 1. The highest BCUT2D eigenvalue weighted by Crippen LogP contribution is 2.24. The Morgan fingerprint density at radius 1 is 1.47 bits per heavy atom. The van der Waals surface area contributed by atoms with E-state index in [1.165, 1.54) is 0 Å². The monoisotopic (exact) mass is 210 g/mol. The van der Waals surface area contributed by atoms with Crippen molar-refractivity contribution in [3.05, 3.63) is 18.2 Å². The van der Waals surface area contributed by atoms with Crippen LogP contribution in [0.2, 0.25) is 0 Å². The van der Waals surface area contributed by atoms with Crippen molar-refractivity contribution >= 4 is 11.4 Å². The Morgan fingerprint density at radius 3 is 2.67 bits per heavy atom. The molecule has 0 aromatic heterocycles. The summed E-state index contributed by atoms with van der Waals surface area (Å²) < 4.78 is 5.08. The second-order valence-corrected chi connectivity index (χ2v) is 4.12. The SMILES string of the molecule is COc1ccc(N)c(NCC(C)(C)O)c1. The maximum Gasteiger partial charge on any atom is 0.121 e. The lowest BCUT2D eigenvalue weighted by molar-refractivity contribution is 0.0945. The number of nitrogen functional groups attached to an aromatic ring is 1. The zero-order valence-corrected chi connectivity index (χ0v) is 9.37. The predicted octanol–water partition coefficient (Wildman–Crippen LogP) is 1.46. The molecule has 0 atom stereocenters. The summed E-state index contributed by atoms with van der Waals surface area (Å²) in [5, 5.41) is 12.6. The van der Waals surface area contributed by atoms with Crippen molar-refractivity contribution in [2.45, 2.75) is 19.4 Å². The van der Waals surface area contributed by atoms with Crippen LogP contribution in [0.5, 0.6) is 5.75 Å². The molecule has 4 N–H and O–H groups in total. The topological polar surface area (TPSA) is 67.5 Å². The molecule has 4 nitrogen and oxygen atoms in total. The Labute approximate surface area is 90.1 Å². The second kappa shape index (κ2) is 4.40. The highest BCUT2D eigenvalue weighted by molar-refractivity contribution is 5.68. The van der Waals surface area contributed by atoms with Gasteiger partial charge in [-0.2, -0.15) is 0 Å². The highest BCUT2D eigenvalue weighted by Gasteiger charge is 2.12. The smallest absolute Gasteiger partial charge is 0.121 e. The van der Waals surface area contributed by atoms with Gasteiger partial charge < -0.3 is 20.9 Å². The van der Waals surface area contributed by atoms with E-state index in [0.29, 0.717) is 12.2 Å². The first kappa shape index (κ1) is 11.7. The van der Waals surface area contributed by atoms with Crippen molar-refractivity contribution in [2.75, 3.05) is 24.7 Å². The van der Waals surface area contributed by atoms with Gasteiger partial charge in [-0.15, -0.1) is 0 Å². The number of anilines is 2. The maximum absolute atomic E-state index is 9.56. The first-order chi connectivity index (χ1) is 6.92.